The highest BCUT2D eigenvalue weighted by atomic mass is 16.6. The van der Waals surface area contributed by atoms with E-state index in [1.165, 1.54) is 25.0 Å². The summed E-state index contributed by atoms with van der Waals surface area (Å²) >= 11 is 0. The average Bonchev–Trinajstić information content (AvgIpc) is 2.90. The van der Waals surface area contributed by atoms with E-state index in [-0.39, 0.29) is 11.5 Å². The Labute approximate surface area is 163 Å². The molecule has 1 saturated heterocycles. The van der Waals surface area contributed by atoms with E-state index in [4.69, 9.17) is 4.84 Å². The Morgan fingerprint density at radius 2 is 1.93 bits per heavy atom. The third-order valence-corrected chi connectivity index (χ3v) is 9.64. The molecule has 0 radical (unpaired) electrons. The van der Waals surface area contributed by atoms with Gasteiger partial charge in [-0.25, -0.2) is 0 Å². The van der Waals surface area contributed by atoms with Crippen LogP contribution in [0.5, 0.6) is 0 Å². The molecule has 0 aromatic carbocycles. The van der Waals surface area contributed by atoms with E-state index in [0.717, 1.165) is 68.9 Å². The molecule has 0 aromatic heterocycles. The van der Waals surface area contributed by atoms with Crippen molar-refractivity contribution in [3.05, 3.63) is 0 Å². The summed E-state index contributed by atoms with van der Waals surface area (Å²) in [7, 11) is 0. The number of hydrogen-bond donors (Lipinski definition) is 1. The first kappa shape index (κ1) is 18.1. The van der Waals surface area contributed by atoms with Crippen LogP contribution in [0.3, 0.4) is 0 Å². The van der Waals surface area contributed by atoms with Crippen LogP contribution in [0.2, 0.25) is 0 Å². The Kier molecular flexibility index (Phi) is 4.24. The van der Waals surface area contributed by atoms with Crippen molar-refractivity contribution in [1.29, 1.82) is 0 Å². The first-order valence-electron chi connectivity index (χ1n) is 11.4. The predicted octanol–water partition coefficient (Wildman–Crippen LogP) is 4.19. The molecular weight excluding hydrogens is 336 g/mol. The van der Waals surface area contributed by atoms with Gasteiger partial charge in [-0.1, -0.05) is 25.9 Å². The van der Waals surface area contributed by atoms with Gasteiger partial charge in [0.2, 0.25) is 0 Å². The SMILES string of the molecule is C[C@@H]1CC2C/C(=N/OC3CNC3)CC[C@]2(C)[C@H]2CC[C@]3(C)C(=O)CC[C@H]3[C@H]12. The highest BCUT2D eigenvalue weighted by Gasteiger charge is 2.61. The summed E-state index contributed by atoms with van der Waals surface area (Å²) in [5.41, 5.74) is 1.72. The van der Waals surface area contributed by atoms with Crippen molar-refractivity contribution < 1.29 is 9.63 Å². The molecule has 150 valence electrons. The summed E-state index contributed by atoms with van der Waals surface area (Å²) in [6.07, 6.45) is 9.46. The van der Waals surface area contributed by atoms with Gasteiger partial charge in [-0.15, -0.1) is 0 Å². The number of carbonyl (C=O) groups is 1. The number of Topliss-reactive ketones (excluding diaryl/α,β-unsaturated/α-hetero) is 1. The lowest BCUT2D eigenvalue weighted by Gasteiger charge is -2.61. The zero-order valence-electron chi connectivity index (χ0n) is 17.3. The first-order chi connectivity index (χ1) is 12.9. The van der Waals surface area contributed by atoms with Gasteiger partial charge in [0.25, 0.3) is 0 Å². The van der Waals surface area contributed by atoms with Crippen LogP contribution >= 0.6 is 0 Å². The summed E-state index contributed by atoms with van der Waals surface area (Å²) in [6.45, 7) is 9.24. The van der Waals surface area contributed by atoms with E-state index >= 15 is 0 Å². The van der Waals surface area contributed by atoms with Gasteiger partial charge in [0.15, 0.2) is 6.10 Å². The molecule has 27 heavy (non-hydrogen) atoms. The minimum atomic E-state index is -0.00937. The molecule has 4 heteroatoms. The standard InChI is InChI=1S/C23H36N2O2/c1-14-10-15-11-16(25-27-17-12-24-13-17)6-8-22(15,2)19-7-9-23(3)18(21(14)19)4-5-20(23)26/h14-15,17-19,21,24H,4-13H2,1-3H3/b25-16+/t14-,15?,18+,19+,21+,22+,23+/m1/s1. The molecule has 4 nitrogen and oxygen atoms in total. The third kappa shape index (κ3) is 2.65. The molecule has 0 bridgehead atoms. The van der Waals surface area contributed by atoms with Crippen molar-refractivity contribution in [2.45, 2.75) is 78.2 Å². The van der Waals surface area contributed by atoms with Crippen molar-refractivity contribution in [3.8, 4) is 0 Å². The zero-order chi connectivity index (χ0) is 18.8. The third-order valence-electron chi connectivity index (χ3n) is 9.64. The van der Waals surface area contributed by atoms with Crippen molar-refractivity contribution in [2.75, 3.05) is 13.1 Å². The van der Waals surface area contributed by atoms with Crippen LogP contribution in [0.25, 0.3) is 0 Å². The average molecular weight is 373 g/mol. The molecule has 7 atom stereocenters. The number of rotatable bonds is 2. The topological polar surface area (TPSA) is 50.7 Å². The van der Waals surface area contributed by atoms with Gasteiger partial charge in [0, 0.05) is 24.9 Å². The van der Waals surface area contributed by atoms with E-state index in [0.29, 0.717) is 17.1 Å². The number of nitrogens with zero attached hydrogens (tertiary/aromatic N) is 1. The zero-order valence-corrected chi connectivity index (χ0v) is 17.3. The Morgan fingerprint density at radius 1 is 1.11 bits per heavy atom. The van der Waals surface area contributed by atoms with Gasteiger partial charge in [0.05, 0.1) is 5.71 Å². The van der Waals surface area contributed by atoms with Crippen molar-refractivity contribution in [1.82, 2.24) is 5.32 Å². The molecule has 1 aliphatic heterocycles. The van der Waals surface area contributed by atoms with Crippen LogP contribution in [-0.4, -0.2) is 30.7 Å². The molecule has 0 spiro atoms. The molecule has 0 amide bonds. The molecule has 1 unspecified atom stereocenters. The van der Waals surface area contributed by atoms with Crippen molar-refractivity contribution in [3.63, 3.8) is 0 Å². The van der Waals surface area contributed by atoms with Gasteiger partial charge in [0.1, 0.15) is 5.78 Å². The van der Waals surface area contributed by atoms with E-state index in [1.54, 1.807) is 0 Å². The monoisotopic (exact) mass is 372 g/mol. The smallest absolute Gasteiger partial charge is 0.152 e. The molecule has 5 aliphatic rings. The minimum Gasteiger partial charge on any atom is -0.390 e. The molecule has 1 N–H and O–H groups in total. The number of carbonyl (C=O) groups excluding carboxylic acids is 1. The summed E-state index contributed by atoms with van der Waals surface area (Å²) < 4.78 is 0. The number of hydrogen-bond acceptors (Lipinski definition) is 4. The normalized spacial score (nSPS) is 51.3. The van der Waals surface area contributed by atoms with E-state index < -0.39 is 0 Å². The quantitative estimate of drug-likeness (QED) is 0.740. The van der Waals surface area contributed by atoms with Gasteiger partial charge in [-0.2, -0.15) is 0 Å². The number of nitrogens with one attached hydrogen (secondary N) is 1. The lowest BCUT2D eigenvalue weighted by Crippen LogP contribution is -2.56. The van der Waals surface area contributed by atoms with Crippen LogP contribution < -0.4 is 5.32 Å². The Hall–Kier alpha value is -0.900. The molecule has 1 heterocycles. The second-order valence-electron chi connectivity index (χ2n) is 10.9. The molecule has 5 fully saturated rings. The van der Waals surface area contributed by atoms with Crippen molar-refractivity contribution >= 4 is 11.5 Å². The number of ketones is 1. The molecule has 4 aliphatic carbocycles. The first-order valence-corrected chi connectivity index (χ1v) is 11.4. The summed E-state index contributed by atoms with van der Waals surface area (Å²) in [4.78, 5) is 18.4. The van der Waals surface area contributed by atoms with Crippen LogP contribution in [-0.2, 0) is 9.63 Å². The van der Waals surface area contributed by atoms with Crippen molar-refractivity contribution in [2.24, 2.45) is 45.6 Å². The van der Waals surface area contributed by atoms with Crippen LogP contribution in [0.1, 0.15) is 72.1 Å². The molecular formula is C23H36N2O2. The Bertz CT molecular complexity index is 657. The van der Waals surface area contributed by atoms with Crippen LogP contribution in [0.15, 0.2) is 5.16 Å². The highest BCUT2D eigenvalue weighted by Crippen LogP contribution is 2.66. The van der Waals surface area contributed by atoms with Gasteiger partial charge in [-0.05, 0) is 80.0 Å². The van der Waals surface area contributed by atoms with Crippen LogP contribution in [0.4, 0.5) is 0 Å². The van der Waals surface area contributed by atoms with E-state index in [1.807, 2.05) is 0 Å². The fourth-order valence-corrected chi connectivity index (χ4v) is 7.78. The minimum absolute atomic E-state index is 0.00937. The fraction of sp³-hybridized carbons (Fsp3) is 0.913. The summed E-state index contributed by atoms with van der Waals surface area (Å²) in [5.74, 6) is 4.23. The van der Waals surface area contributed by atoms with E-state index in [9.17, 15) is 4.79 Å². The highest BCUT2D eigenvalue weighted by molar-refractivity contribution is 5.87. The van der Waals surface area contributed by atoms with Gasteiger partial charge in [-0.3, -0.25) is 4.79 Å². The second kappa shape index (κ2) is 6.30. The number of oxime groups is 1. The van der Waals surface area contributed by atoms with Gasteiger partial charge < -0.3 is 10.2 Å². The Balaban J connectivity index is 1.36. The summed E-state index contributed by atoms with van der Waals surface area (Å²) in [5, 5.41) is 7.81. The summed E-state index contributed by atoms with van der Waals surface area (Å²) in [6, 6.07) is 0. The largest absolute Gasteiger partial charge is 0.390 e. The maximum Gasteiger partial charge on any atom is 0.152 e. The molecule has 5 rings (SSSR count). The number of fused-ring (bicyclic) bond motifs is 5. The Morgan fingerprint density at radius 3 is 2.67 bits per heavy atom. The fourth-order valence-electron chi connectivity index (χ4n) is 7.78. The maximum absolute atomic E-state index is 12.6. The van der Waals surface area contributed by atoms with E-state index in [2.05, 4.69) is 31.2 Å². The predicted molar refractivity (Wildman–Crippen MR) is 106 cm³/mol. The lowest BCUT2D eigenvalue weighted by atomic mass is 9.43. The molecule has 0 aromatic rings. The van der Waals surface area contributed by atoms with Crippen LogP contribution in [0, 0.1) is 40.4 Å². The van der Waals surface area contributed by atoms with Gasteiger partial charge >= 0.3 is 0 Å². The second-order valence-corrected chi connectivity index (χ2v) is 10.9. The lowest BCUT2D eigenvalue weighted by molar-refractivity contribution is -0.143. The maximum atomic E-state index is 12.6. The molecule has 4 saturated carbocycles.